The van der Waals surface area contributed by atoms with Gasteiger partial charge in [-0.2, -0.15) is 0 Å². The SMILES string of the molecule is CCCN1C(=O)C(C)OC(=O)C(C)N(C)C(=O)C(Cc2ccccc2)OC(=O)C(C)N(CCC)C(=O)C(C)OC(=O)C(C)N(CCC)C(=O)C(Cc2ccccc2)OC(=O)C1C. The molecule has 0 spiro atoms. The molecule has 1 fully saturated rings. The highest BCUT2D eigenvalue weighted by Gasteiger charge is 2.41. The summed E-state index contributed by atoms with van der Waals surface area (Å²) in [5.74, 6) is -6.59. The van der Waals surface area contributed by atoms with Gasteiger partial charge in [0.15, 0.2) is 24.4 Å². The lowest BCUT2D eigenvalue weighted by molar-refractivity contribution is -0.176. The normalized spacial score (nSPS) is 26.1. The average Bonchev–Trinajstić information content (AvgIpc) is 3.26. The van der Waals surface area contributed by atoms with E-state index in [9.17, 15) is 38.4 Å². The monoisotopic (exact) mass is 864 g/mol. The first kappa shape index (κ1) is 50.6. The van der Waals surface area contributed by atoms with E-state index in [-0.39, 0.29) is 32.5 Å². The molecule has 2 aromatic carbocycles. The van der Waals surface area contributed by atoms with E-state index in [0.717, 1.165) is 4.90 Å². The first-order chi connectivity index (χ1) is 29.4. The molecule has 340 valence electrons. The first-order valence-electron chi connectivity index (χ1n) is 21.5. The van der Waals surface area contributed by atoms with Crippen LogP contribution in [0.1, 0.15) is 92.7 Å². The molecule has 3 rings (SSSR count). The molecule has 0 saturated carbocycles. The zero-order valence-electron chi connectivity index (χ0n) is 37.7. The van der Waals surface area contributed by atoms with Crippen LogP contribution in [-0.4, -0.2) is 142 Å². The lowest BCUT2D eigenvalue weighted by atomic mass is 10.1. The van der Waals surface area contributed by atoms with Crippen molar-refractivity contribution < 1.29 is 57.3 Å². The summed E-state index contributed by atoms with van der Waals surface area (Å²) < 4.78 is 23.0. The summed E-state index contributed by atoms with van der Waals surface area (Å²) in [6.07, 6.45) is -4.66. The lowest BCUT2D eigenvalue weighted by Gasteiger charge is -2.35. The summed E-state index contributed by atoms with van der Waals surface area (Å²) in [6.45, 7) is 14.0. The molecule has 0 radical (unpaired) electrons. The Hall–Kier alpha value is -5.80. The molecule has 0 bridgehead atoms. The Kier molecular flexibility index (Phi) is 19.6. The number of rotatable bonds is 10. The number of amides is 4. The first-order valence-corrected chi connectivity index (χ1v) is 21.5. The summed E-state index contributed by atoms with van der Waals surface area (Å²) >= 11 is 0. The molecule has 1 heterocycles. The molecule has 1 aliphatic heterocycles. The van der Waals surface area contributed by atoms with E-state index < -0.39 is 96.1 Å². The van der Waals surface area contributed by atoms with Crippen molar-refractivity contribution in [2.45, 2.75) is 143 Å². The van der Waals surface area contributed by atoms with Crippen molar-refractivity contribution in [3.05, 3.63) is 71.8 Å². The number of benzene rings is 2. The van der Waals surface area contributed by atoms with Crippen LogP contribution in [0.4, 0.5) is 0 Å². The Morgan fingerprint density at radius 2 is 0.726 bits per heavy atom. The second-order valence-electron chi connectivity index (χ2n) is 15.6. The van der Waals surface area contributed by atoms with Crippen molar-refractivity contribution in [2.75, 3.05) is 26.7 Å². The van der Waals surface area contributed by atoms with Gasteiger partial charge < -0.3 is 38.5 Å². The van der Waals surface area contributed by atoms with Gasteiger partial charge in [0.05, 0.1) is 0 Å². The zero-order chi connectivity index (χ0) is 46.3. The minimum Gasteiger partial charge on any atom is -0.451 e. The number of hydrogen-bond acceptors (Lipinski definition) is 12. The minimum absolute atomic E-state index is 0.0560. The van der Waals surface area contributed by atoms with Gasteiger partial charge in [-0.1, -0.05) is 81.4 Å². The standard InChI is InChI=1S/C46H64N4O12/c1-11-24-48-31(6)45(57)61-37(27-35-20-16-14-17-21-35)41(53)47(10)29(4)43(55)59-33(8)39(51)49(25-12-2)32(7)46(58)62-38(28-36-22-18-15-19-23-36)42(54)50(26-13-3)30(5)44(56)60-34(9)40(48)52/h14-23,29-34,37-38H,11-13,24-28H2,1-10H3. The van der Waals surface area contributed by atoms with Gasteiger partial charge in [-0.15, -0.1) is 0 Å². The predicted molar refractivity (Wildman–Crippen MR) is 228 cm³/mol. The van der Waals surface area contributed by atoms with E-state index in [2.05, 4.69) is 0 Å². The number of carbonyl (C=O) groups is 8. The van der Waals surface area contributed by atoms with Gasteiger partial charge in [0.2, 0.25) is 0 Å². The number of likely N-dealkylation sites (N-methyl/N-ethyl adjacent to an activating group) is 1. The maximum Gasteiger partial charge on any atom is 0.329 e. The smallest absolute Gasteiger partial charge is 0.329 e. The molecule has 0 aliphatic carbocycles. The van der Waals surface area contributed by atoms with Crippen LogP contribution in [0.15, 0.2) is 60.7 Å². The van der Waals surface area contributed by atoms with E-state index in [1.54, 1.807) is 81.4 Å². The fourth-order valence-electron chi connectivity index (χ4n) is 6.96. The molecule has 0 N–H and O–H groups in total. The second kappa shape index (κ2) is 24.0. The fraction of sp³-hybridized carbons (Fsp3) is 0.565. The van der Waals surface area contributed by atoms with Gasteiger partial charge in [0.1, 0.15) is 24.2 Å². The molecule has 0 aromatic heterocycles. The number of hydrogen-bond donors (Lipinski definition) is 0. The minimum atomic E-state index is -1.45. The van der Waals surface area contributed by atoms with Crippen molar-refractivity contribution in [1.82, 2.24) is 19.6 Å². The van der Waals surface area contributed by atoms with Crippen LogP contribution in [-0.2, 0) is 70.1 Å². The Labute approximate surface area is 365 Å². The van der Waals surface area contributed by atoms with Crippen LogP contribution >= 0.6 is 0 Å². The number of carbonyl (C=O) groups excluding carboxylic acids is 8. The Morgan fingerprint density at radius 3 is 1.08 bits per heavy atom. The highest BCUT2D eigenvalue weighted by atomic mass is 16.6. The lowest BCUT2D eigenvalue weighted by Crippen LogP contribution is -2.54. The topological polar surface area (TPSA) is 186 Å². The predicted octanol–water partition coefficient (Wildman–Crippen LogP) is 3.90. The molecule has 16 heteroatoms. The van der Waals surface area contributed by atoms with Gasteiger partial charge in [-0.05, 0) is 71.9 Å². The summed E-state index contributed by atoms with van der Waals surface area (Å²) in [7, 11) is 1.33. The van der Waals surface area contributed by atoms with Gasteiger partial charge in [0, 0.05) is 39.5 Å². The maximum absolute atomic E-state index is 14.4. The van der Waals surface area contributed by atoms with Crippen molar-refractivity contribution in [1.29, 1.82) is 0 Å². The molecule has 2 aromatic rings. The van der Waals surface area contributed by atoms with Crippen LogP contribution in [0.5, 0.6) is 0 Å². The van der Waals surface area contributed by atoms with Gasteiger partial charge in [-0.25, -0.2) is 19.2 Å². The van der Waals surface area contributed by atoms with Crippen LogP contribution in [0.2, 0.25) is 0 Å². The molecule has 4 amide bonds. The number of ether oxygens (including phenoxy) is 4. The van der Waals surface area contributed by atoms with Crippen LogP contribution in [0, 0.1) is 0 Å². The third-order valence-corrected chi connectivity index (χ3v) is 10.8. The number of nitrogens with zero attached hydrogens (tertiary/aromatic N) is 4. The van der Waals surface area contributed by atoms with Crippen LogP contribution < -0.4 is 0 Å². The zero-order valence-corrected chi connectivity index (χ0v) is 37.7. The van der Waals surface area contributed by atoms with E-state index in [1.807, 2.05) is 0 Å². The maximum atomic E-state index is 14.4. The largest absolute Gasteiger partial charge is 0.451 e. The molecular formula is C46H64N4O12. The second-order valence-corrected chi connectivity index (χ2v) is 15.6. The highest BCUT2D eigenvalue weighted by molar-refractivity contribution is 5.94. The quantitative estimate of drug-likeness (QED) is 0.248. The van der Waals surface area contributed by atoms with E-state index in [4.69, 9.17) is 18.9 Å². The highest BCUT2D eigenvalue weighted by Crippen LogP contribution is 2.20. The third-order valence-electron chi connectivity index (χ3n) is 10.8. The van der Waals surface area contributed by atoms with Crippen molar-refractivity contribution in [2.24, 2.45) is 0 Å². The summed E-state index contributed by atoms with van der Waals surface area (Å²) in [5.41, 5.74) is 1.30. The average molecular weight is 865 g/mol. The Balaban J connectivity index is 2.13. The Morgan fingerprint density at radius 1 is 0.419 bits per heavy atom. The molecule has 16 nitrogen and oxygen atoms in total. The summed E-state index contributed by atoms with van der Waals surface area (Å²) in [4.78, 5) is 116. The van der Waals surface area contributed by atoms with Gasteiger partial charge >= 0.3 is 23.9 Å². The molecule has 1 saturated heterocycles. The number of esters is 4. The molecule has 62 heavy (non-hydrogen) atoms. The molecule has 1 aliphatic rings. The van der Waals surface area contributed by atoms with E-state index in [1.165, 1.54) is 63.3 Å². The summed E-state index contributed by atoms with van der Waals surface area (Å²) in [6, 6.07) is 12.5. The molecule has 8 unspecified atom stereocenters. The Bertz CT molecular complexity index is 1860. The summed E-state index contributed by atoms with van der Waals surface area (Å²) in [5, 5.41) is 0. The fourth-order valence-corrected chi connectivity index (χ4v) is 6.96. The molecular weight excluding hydrogens is 801 g/mol. The van der Waals surface area contributed by atoms with Crippen molar-refractivity contribution >= 4 is 47.5 Å². The van der Waals surface area contributed by atoms with Crippen molar-refractivity contribution in [3.63, 3.8) is 0 Å². The third kappa shape index (κ3) is 13.3. The van der Waals surface area contributed by atoms with Crippen molar-refractivity contribution in [3.8, 4) is 0 Å². The van der Waals surface area contributed by atoms with E-state index >= 15 is 0 Å². The van der Waals surface area contributed by atoms with Crippen LogP contribution in [0.3, 0.4) is 0 Å². The van der Waals surface area contributed by atoms with Gasteiger partial charge in [0.25, 0.3) is 23.6 Å². The number of cyclic esters (lactones) is 4. The van der Waals surface area contributed by atoms with Gasteiger partial charge in [-0.3, -0.25) is 19.2 Å². The molecule has 8 atom stereocenters. The van der Waals surface area contributed by atoms with E-state index in [0.29, 0.717) is 30.4 Å². The van der Waals surface area contributed by atoms with Crippen LogP contribution in [0.25, 0.3) is 0 Å².